The predicted octanol–water partition coefficient (Wildman–Crippen LogP) is 5.41. The van der Waals surface area contributed by atoms with Crippen molar-refractivity contribution in [1.82, 2.24) is 0 Å². The van der Waals surface area contributed by atoms with E-state index in [4.69, 9.17) is 4.74 Å². The molecule has 9 atom stereocenters. The Labute approximate surface area is 165 Å². The summed E-state index contributed by atoms with van der Waals surface area (Å²) in [7, 11) is 0. The third-order valence-electron chi connectivity index (χ3n) is 9.92. The van der Waals surface area contributed by atoms with Gasteiger partial charge in [-0.2, -0.15) is 0 Å². The second-order valence-corrected chi connectivity index (χ2v) is 10.8. The number of carbonyl (C=O) groups is 2. The highest BCUT2D eigenvalue weighted by molar-refractivity contribution is 5.80. The molecule has 0 amide bonds. The Kier molecular flexibility index (Phi) is 4.75. The number of ketones is 1. The molecule has 0 aromatic rings. The molecule has 0 saturated heterocycles. The van der Waals surface area contributed by atoms with Gasteiger partial charge in [0.1, 0.15) is 11.9 Å². The Morgan fingerprint density at radius 3 is 2.59 bits per heavy atom. The van der Waals surface area contributed by atoms with Gasteiger partial charge in [-0.3, -0.25) is 9.59 Å². The van der Waals surface area contributed by atoms with E-state index in [0.717, 1.165) is 31.1 Å². The van der Waals surface area contributed by atoms with Crippen LogP contribution < -0.4 is 0 Å². The highest BCUT2D eigenvalue weighted by atomic mass is 16.5. The number of fused-ring (bicyclic) bond motifs is 5. The Hall–Kier alpha value is -0.860. The Bertz CT molecular complexity index is 627. The van der Waals surface area contributed by atoms with Crippen LogP contribution in [0.25, 0.3) is 0 Å². The zero-order valence-electron chi connectivity index (χ0n) is 17.9. The molecule has 4 aliphatic rings. The van der Waals surface area contributed by atoms with Crippen molar-refractivity contribution in [2.45, 2.75) is 92.1 Å². The van der Waals surface area contributed by atoms with Crippen LogP contribution in [-0.2, 0) is 14.3 Å². The standard InChI is InChI=1S/C24H38O3/c1-6-16-12-21(27-15(3)25)23(4)10-9-20-19(22(16)23)8-7-17-13-18(26)11-14(2)24(17,20)5/h14,16-17,19-22H,6-13H2,1-5H3/t14-,16-,17-,19+,20-,21-,22-,23+,24-/m0/s1. The van der Waals surface area contributed by atoms with E-state index in [1.165, 1.54) is 32.1 Å². The third kappa shape index (κ3) is 2.74. The molecule has 0 spiro atoms. The van der Waals surface area contributed by atoms with Gasteiger partial charge in [-0.05, 0) is 73.0 Å². The average molecular weight is 375 g/mol. The molecule has 4 aliphatic carbocycles. The van der Waals surface area contributed by atoms with Gasteiger partial charge in [0, 0.05) is 25.2 Å². The first kappa shape index (κ1) is 19.5. The molecule has 4 saturated carbocycles. The van der Waals surface area contributed by atoms with E-state index in [1.807, 2.05) is 0 Å². The van der Waals surface area contributed by atoms with Crippen molar-refractivity contribution in [3.05, 3.63) is 0 Å². The van der Waals surface area contributed by atoms with Gasteiger partial charge in [0.25, 0.3) is 0 Å². The summed E-state index contributed by atoms with van der Waals surface area (Å²) < 4.78 is 5.88. The normalized spacial score (nSPS) is 51.9. The maximum atomic E-state index is 12.3. The van der Waals surface area contributed by atoms with Crippen LogP contribution >= 0.6 is 0 Å². The molecule has 3 nitrogen and oxygen atoms in total. The Morgan fingerprint density at radius 1 is 1.19 bits per heavy atom. The van der Waals surface area contributed by atoms with Gasteiger partial charge in [0.15, 0.2) is 0 Å². The molecule has 152 valence electrons. The van der Waals surface area contributed by atoms with Crippen molar-refractivity contribution in [3.8, 4) is 0 Å². The second-order valence-electron chi connectivity index (χ2n) is 10.8. The maximum Gasteiger partial charge on any atom is 0.302 e. The summed E-state index contributed by atoms with van der Waals surface area (Å²) in [6, 6.07) is 0. The minimum Gasteiger partial charge on any atom is -0.462 e. The topological polar surface area (TPSA) is 43.4 Å². The van der Waals surface area contributed by atoms with E-state index in [9.17, 15) is 9.59 Å². The molecule has 27 heavy (non-hydrogen) atoms. The fourth-order valence-electron chi connectivity index (χ4n) is 8.51. The number of ether oxygens (including phenoxy) is 1. The van der Waals surface area contributed by atoms with Crippen molar-refractivity contribution < 1.29 is 14.3 Å². The first-order valence-corrected chi connectivity index (χ1v) is 11.4. The fourth-order valence-corrected chi connectivity index (χ4v) is 8.51. The number of carbonyl (C=O) groups excluding carboxylic acids is 2. The molecule has 3 heteroatoms. The number of rotatable bonds is 2. The van der Waals surface area contributed by atoms with Gasteiger partial charge in [0.2, 0.25) is 0 Å². The summed E-state index contributed by atoms with van der Waals surface area (Å²) >= 11 is 0. The smallest absolute Gasteiger partial charge is 0.302 e. The Morgan fingerprint density at radius 2 is 1.93 bits per heavy atom. The lowest BCUT2D eigenvalue weighted by Crippen LogP contribution is -2.57. The number of esters is 1. The molecule has 0 N–H and O–H groups in total. The van der Waals surface area contributed by atoms with Crippen LogP contribution in [0.5, 0.6) is 0 Å². The molecule has 0 radical (unpaired) electrons. The van der Waals surface area contributed by atoms with E-state index in [1.54, 1.807) is 6.92 Å². The quantitative estimate of drug-likeness (QED) is 0.607. The molecule has 0 heterocycles. The first-order valence-electron chi connectivity index (χ1n) is 11.4. The van der Waals surface area contributed by atoms with Gasteiger partial charge in [-0.1, -0.05) is 34.1 Å². The molecule has 4 rings (SSSR count). The highest BCUT2D eigenvalue weighted by Gasteiger charge is 2.64. The van der Waals surface area contributed by atoms with Gasteiger partial charge >= 0.3 is 5.97 Å². The van der Waals surface area contributed by atoms with Gasteiger partial charge in [-0.15, -0.1) is 0 Å². The molecular formula is C24H38O3. The number of hydrogen-bond acceptors (Lipinski definition) is 3. The van der Waals surface area contributed by atoms with Crippen molar-refractivity contribution in [3.63, 3.8) is 0 Å². The van der Waals surface area contributed by atoms with Crippen LogP contribution in [0.15, 0.2) is 0 Å². The van der Waals surface area contributed by atoms with Gasteiger partial charge < -0.3 is 4.74 Å². The van der Waals surface area contributed by atoms with Gasteiger partial charge in [-0.25, -0.2) is 0 Å². The summed E-state index contributed by atoms with van der Waals surface area (Å²) in [5.74, 6) is 4.30. The van der Waals surface area contributed by atoms with E-state index < -0.39 is 0 Å². The zero-order valence-corrected chi connectivity index (χ0v) is 17.9. The van der Waals surface area contributed by atoms with Gasteiger partial charge in [0.05, 0.1) is 0 Å². The van der Waals surface area contributed by atoms with Crippen LogP contribution in [0.3, 0.4) is 0 Å². The van der Waals surface area contributed by atoms with Crippen LogP contribution in [-0.4, -0.2) is 17.9 Å². The lowest BCUT2D eigenvalue weighted by Gasteiger charge is -2.62. The molecule has 0 aliphatic heterocycles. The van der Waals surface area contributed by atoms with Crippen molar-refractivity contribution in [1.29, 1.82) is 0 Å². The first-order chi connectivity index (χ1) is 12.7. The van der Waals surface area contributed by atoms with Crippen molar-refractivity contribution in [2.75, 3.05) is 0 Å². The summed E-state index contributed by atoms with van der Waals surface area (Å²) in [5.41, 5.74) is 0.459. The summed E-state index contributed by atoms with van der Waals surface area (Å²) in [5, 5.41) is 0. The van der Waals surface area contributed by atoms with Crippen LogP contribution in [0, 0.1) is 46.3 Å². The molecule has 0 aromatic heterocycles. The van der Waals surface area contributed by atoms with E-state index in [-0.39, 0.29) is 17.5 Å². The van der Waals surface area contributed by atoms with Crippen molar-refractivity contribution >= 4 is 11.8 Å². The molecule has 0 aromatic carbocycles. The minimum absolute atomic E-state index is 0.0989. The second kappa shape index (κ2) is 6.59. The highest BCUT2D eigenvalue weighted by Crippen LogP contribution is 2.68. The van der Waals surface area contributed by atoms with Crippen LogP contribution in [0.4, 0.5) is 0 Å². The van der Waals surface area contributed by atoms with Crippen molar-refractivity contribution in [2.24, 2.45) is 46.3 Å². The summed E-state index contributed by atoms with van der Waals surface area (Å²) in [6.45, 7) is 11.2. The summed E-state index contributed by atoms with van der Waals surface area (Å²) in [4.78, 5) is 24.0. The summed E-state index contributed by atoms with van der Waals surface area (Å²) in [6.07, 6.45) is 8.85. The number of Topliss-reactive ketones (excluding diaryl/α,β-unsaturated/α-hetero) is 1. The SMILES string of the molecule is CC[C@H]1C[C@H](OC(C)=O)[C@@]2(C)CC[C@H]3[C@@H](CC[C@H]4CC(=O)C[C@H](C)[C@@]43C)[C@H]12. The third-order valence-corrected chi connectivity index (χ3v) is 9.92. The fraction of sp³-hybridized carbons (Fsp3) is 0.917. The molecule has 0 bridgehead atoms. The largest absolute Gasteiger partial charge is 0.462 e. The number of hydrogen-bond donors (Lipinski definition) is 0. The molecule has 4 fully saturated rings. The van der Waals surface area contributed by atoms with Crippen LogP contribution in [0.2, 0.25) is 0 Å². The zero-order chi connectivity index (χ0) is 19.6. The minimum atomic E-state index is -0.117. The lowest BCUT2D eigenvalue weighted by molar-refractivity contribution is -0.168. The maximum absolute atomic E-state index is 12.3. The monoisotopic (exact) mass is 374 g/mol. The Balaban J connectivity index is 1.67. The van der Waals surface area contributed by atoms with E-state index in [2.05, 4.69) is 27.7 Å². The van der Waals surface area contributed by atoms with E-state index >= 15 is 0 Å². The average Bonchev–Trinajstić information content (AvgIpc) is 2.88. The molecule has 0 unspecified atom stereocenters. The van der Waals surface area contributed by atoms with Crippen LogP contribution in [0.1, 0.15) is 86.0 Å². The predicted molar refractivity (Wildman–Crippen MR) is 106 cm³/mol. The molecular weight excluding hydrogens is 336 g/mol. The van der Waals surface area contributed by atoms with E-state index in [0.29, 0.717) is 34.9 Å². The lowest BCUT2D eigenvalue weighted by atomic mass is 9.42.